The monoisotopic (exact) mass is 441 g/mol. The fourth-order valence-electron chi connectivity index (χ4n) is 4.31. The Morgan fingerprint density at radius 1 is 0.938 bits per heavy atom. The van der Waals surface area contributed by atoms with E-state index >= 15 is 0 Å². The van der Waals surface area contributed by atoms with Crippen LogP contribution in [-0.4, -0.2) is 23.8 Å². The van der Waals surface area contributed by atoms with Crippen molar-refractivity contribution in [2.45, 2.75) is 25.7 Å². The SMILES string of the molecule is CNC(=O)c1c(NC(=O)c2cc(-c3ccccc3)nc3ccccc23)sc2c1CCCC2. The van der Waals surface area contributed by atoms with Gasteiger partial charge in [-0.2, -0.15) is 0 Å². The molecular weight excluding hydrogens is 418 g/mol. The standard InChI is InChI=1S/C26H23N3O2S/c1-27-25(31)23-18-12-6-8-14-22(18)32-26(23)29-24(30)19-15-21(16-9-3-2-4-10-16)28-20-13-7-5-11-17(19)20/h2-5,7,9-11,13,15H,6,8,12,14H2,1H3,(H,27,31)(H,29,30). The van der Waals surface area contributed by atoms with Crippen molar-refractivity contribution in [3.63, 3.8) is 0 Å². The number of amides is 2. The Balaban J connectivity index is 1.59. The molecule has 2 aromatic carbocycles. The van der Waals surface area contributed by atoms with Crippen molar-refractivity contribution in [1.82, 2.24) is 10.3 Å². The van der Waals surface area contributed by atoms with Crippen molar-refractivity contribution >= 4 is 39.1 Å². The predicted molar refractivity (Wildman–Crippen MR) is 129 cm³/mol. The molecule has 1 aliphatic rings. The normalized spacial score (nSPS) is 12.9. The van der Waals surface area contributed by atoms with E-state index in [0.29, 0.717) is 16.1 Å². The first kappa shape index (κ1) is 20.4. The van der Waals surface area contributed by atoms with E-state index in [1.807, 2.05) is 60.7 Å². The minimum absolute atomic E-state index is 0.149. The van der Waals surface area contributed by atoms with Gasteiger partial charge in [0.25, 0.3) is 11.8 Å². The number of para-hydroxylation sites is 1. The first-order chi connectivity index (χ1) is 15.7. The third-order valence-electron chi connectivity index (χ3n) is 5.88. The average Bonchev–Trinajstić information content (AvgIpc) is 3.21. The molecule has 1 aliphatic carbocycles. The maximum Gasteiger partial charge on any atom is 0.257 e. The predicted octanol–water partition coefficient (Wildman–Crippen LogP) is 5.45. The Morgan fingerprint density at radius 2 is 1.69 bits per heavy atom. The highest BCUT2D eigenvalue weighted by molar-refractivity contribution is 7.17. The second kappa shape index (κ2) is 8.55. The largest absolute Gasteiger partial charge is 0.355 e. The molecule has 0 saturated heterocycles. The van der Waals surface area contributed by atoms with Gasteiger partial charge in [-0.15, -0.1) is 11.3 Å². The van der Waals surface area contributed by atoms with Crippen LogP contribution in [0, 0.1) is 0 Å². The molecule has 0 aliphatic heterocycles. The summed E-state index contributed by atoms with van der Waals surface area (Å²) < 4.78 is 0. The second-order valence-corrected chi connectivity index (χ2v) is 8.99. The lowest BCUT2D eigenvalue weighted by Crippen LogP contribution is -2.22. The van der Waals surface area contributed by atoms with Gasteiger partial charge in [-0.05, 0) is 43.4 Å². The molecule has 4 aromatic rings. The summed E-state index contributed by atoms with van der Waals surface area (Å²) in [5, 5.41) is 7.21. The molecule has 0 fully saturated rings. The average molecular weight is 442 g/mol. The summed E-state index contributed by atoms with van der Waals surface area (Å²) in [5.74, 6) is -0.381. The van der Waals surface area contributed by atoms with Crippen LogP contribution in [0.4, 0.5) is 5.00 Å². The molecule has 0 saturated carbocycles. The van der Waals surface area contributed by atoms with Gasteiger partial charge >= 0.3 is 0 Å². The molecule has 2 heterocycles. The number of thiophene rings is 1. The van der Waals surface area contributed by atoms with Crippen molar-refractivity contribution < 1.29 is 9.59 Å². The number of anilines is 1. The third-order valence-corrected chi connectivity index (χ3v) is 7.09. The summed E-state index contributed by atoms with van der Waals surface area (Å²) >= 11 is 1.53. The van der Waals surface area contributed by atoms with E-state index in [-0.39, 0.29) is 11.8 Å². The molecule has 5 nitrogen and oxygen atoms in total. The highest BCUT2D eigenvalue weighted by Crippen LogP contribution is 2.38. The summed E-state index contributed by atoms with van der Waals surface area (Å²) in [7, 11) is 1.63. The Hall–Kier alpha value is -3.51. The minimum Gasteiger partial charge on any atom is -0.355 e. The van der Waals surface area contributed by atoms with E-state index in [0.717, 1.165) is 53.4 Å². The lowest BCUT2D eigenvalue weighted by molar-refractivity contribution is 0.0963. The van der Waals surface area contributed by atoms with Gasteiger partial charge in [0, 0.05) is 22.9 Å². The molecule has 160 valence electrons. The number of carbonyl (C=O) groups excluding carboxylic acids is 2. The van der Waals surface area contributed by atoms with Gasteiger partial charge in [-0.3, -0.25) is 9.59 Å². The molecule has 2 aromatic heterocycles. The van der Waals surface area contributed by atoms with E-state index in [9.17, 15) is 9.59 Å². The topological polar surface area (TPSA) is 71.1 Å². The number of aromatic nitrogens is 1. The number of fused-ring (bicyclic) bond motifs is 2. The molecule has 0 atom stereocenters. The maximum atomic E-state index is 13.5. The van der Waals surface area contributed by atoms with Crippen molar-refractivity contribution in [2.75, 3.05) is 12.4 Å². The molecule has 0 radical (unpaired) electrons. The van der Waals surface area contributed by atoms with Crippen molar-refractivity contribution in [3.05, 3.63) is 82.2 Å². The summed E-state index contributed by atoms with van der Waals surface area (Å²) in [5.41, 5.74) is 4.69. The van der Waals surface area contributed by atoms with Crippen LogP contribution in [0.1, 0.15) is 44.0 Å². The van der Waals surface area contributed by atoms with Gasteiger partial charge in [0.2, 0.25) is 0 Å². The summed E-state index contributed by atoms with van der Waals surface area (Å²) in [6, 6.07) is 19.3. The molecule has 0 spiro atoms. The van der Waals surface area contributed by atoms with Gasteiger partial charge in [-0.1, -0.05) is 48.5 Å². The van der Waals surface area contributed by atoms with Crippen LogP contribution in [0.15, 0.2) is 60.7 Å². The molecule has 32 heavy (non-hydrogen) atoms. The van der Waals surface area contributed by atoms with E-state index in [4.69, 9.17) is 4.98 Å². The van der Waals surface area contributed by atoms with Crippen LogP contribution in [0.3, 0.4) is 0 Å². The second-order valence-electron chi connectivity index (χ2n) is 7.89. The van der Waals surface area contributed by atoms with E-state index < -0.39 is 0 Å². The molecule has 0 bridgehead atoms. The number of carbonyl (C=O) groups is 2. The van der Waals surface area contributed by atoms with Crippen LogP contribution in [0.5, 0.6) is 0 Å². The smallest absolute Gasteiger partial charge is 0.257 e. The number of nitrogens with zero attached hydrogens (tertiary/aromatic N) is 1. The van der Waals surface area contributed by atoms with Crippen LogP contribution >= 0.6 is 11.3 Å². The fourth-order valence-corrected chi connectivity index (χ4v) is 5.59. The Bertz CT molecular complexity index is 1330. The van der Waals surface area contributed by atoms with Gasteiger partial charge < -0.3 is 10.6 Å². The zero-order valence-electron chi connectivity index (χ0n) is 17.8. The number of nitrogens with one attached hydrogen (secondary N) is 2. The van der Waals surface area contributed by atoms with Gasteiger partial charge in [0.1, 0.15) is 5.00 Å². The van der Waals surface area contributed by atoms with Crippen molar-refractivity contribution in [1.29, 1.82) is 0 Å². The number of rotatable bonds is 4. The van der Waals surface area contributed by atoms with E-state index in [1.165, 1.54) is 16.2 Å². The van der Waals surface area contributed by atoms with E-state index in [2.05, 4.69) is 10.6 Å². The van der Waals surface area contributed by atoms with Gasteiger partial charge in [0.15, 0.2) is 0 Å². The fraction of sp³-hybridized carbons (Fsp3) is 0.192. The van der Waals surface area contributed by atoms with Crippen LogP contribution in [-0.2, 0) is 12.8 Å². The molecule has 2 N–H and O–H groups in total. The van der Waals surface area contributed by atoms with Crippen LogP contribution < -0.4 is 10.6 Å². The van der Waals surface area contributed by atoms with E-state index in [1.54, 1.807) is 7.05 Å². The molecule has 5 rings (SSSR count). The van der Waals surface area contributed by atoms with Crippen LogP contribution in [0.2, 0.25) is 0 Å². The number of hydrogen-bond acceptors (Lipinski definition) is 4. The molecule has 0 unspecified atom stereocenters. The first-order valence-electron chi connectivity index (χ1n) is 10.8. The van der Waals surface area contributed by atoms with Gasteiger partial charge in [0.05, 0.1) is 22.3 Å². The van der Waals surface area contributed by atoms with Crippen LogP contribution in [0.25, 0.3) is 22.2 Å². The van der Waals surface area contributed by atoms with Gasteiger partial charge in [-0.25, -0.2) is 4.98 Å². The number of pyridine rings is 1. The quantitative estimate of drug-likeness (QED) is 0.442. The molecular formula is C26H23N3O2S. The molecule has 6 heteroatoms. The first-order valence-corrected chi connectivity index (χ1v) is 11.6. The number of aryl methyl sites for hydroxylation is 1. The highest BCUT2D eigenvalue weighted by Gasteiger charge is 2.26. The Kier molecular flexibility index (Phi) is 5.45. The zero-order chi connectivity index (χ0) is 22.1. The van der Waals surface area contributed by atoms with Crippen molar-refractivity contribution in [2.24, 2.45) is 0 Å². The Labute approximate surface area is 190 Å². The third kappa shape index (κ3) is 3.67. The maximum absolute atomic E-state index is 13.5. The van der Waals surface area contributed by atoms with Crippen molar-refractivity contribution in [3.8, 4) is 11.3 Å². The molecule has 2 amide bonds. The minimum atomic E-state index is -0.232. The summed E-state index contributed by atoms with van der Waals surface area (Å²) in [6.07, 6.45) is 4.01. The lowest BCUT2D eigenvalue weighted by atomic mass is 9.95. The number of hydrogen-bond donors (Lipinski definition) is 2. The zero-order valence-corrected chi connectivity index (χ0v) is 18.6. The lowest BCUT2D eigenvalue weighted by Gasteiger charge is -2.13. The number of benzene rings is 2. The Morgan fingerprint density at radius 3 is 2.50 bits per heavy atom. The highest BCUT2D eigenvalue weighted by atomic mass is 32.1. The summed E-state index contributed by atoms with van der Waals surface area (Å²) in [6.45, 7) is 0. The summed E-state index contributed by atoms with van der Waals surface area (Å²) in [4.78, 5) is 32.2.